The van der Waals surface area contributed by atoms with Crippen molar-refractivity contribution >= 4 is 11.9 Å². The van der Waals surface area contributed by atoms with Crippen LogP contribution in [0.5, 0.6) is 0 Å². The van der Waals surface area contributed by atoms with Crippen LogP contribution in [0.4, 0.5) is 0 Å². The van der Waals surface area contributed by atoms with E-state index in [0.717, 1.165) is 19.3 Å². The molecule has 2 N–H and O–H groups in total. The molecule has 0 aromatic rings. The molecule has 1 amide bonds. The number of carbonyl (C=O) groups is 2. The molecular formula is C11H18N2O3. The van der Waals surface area contributed by atoms with Crippen molar-refractivity contribution in [1.82, 2.24) is 10.2 Å². The van der Waals surface area contributed by atoms with Gasteiger partial charge in [-0.2, -0.15) is 0 Å². The summed E-state index contributed by atoms with van der Waals surface area (Å²) in [6.07, 6.45) is 3.59. The van der Waals surface area contributed by atoms with Crippen LogP contribution >= 0.6 is 0 Å². The van der Waals surface area contributed by atoms with Crippen LogP contribution in [0.2, 0.25) is 0 Å². The SMILES string of the molecule is CC1(C(=O)O)CCCN1C(=O)CNC1CC1. The van der Waals surface area contributed by atoms with Crippen LogP contribution in [0.15, 0.2) is 0 Å². The zero-order chi connectivity index (χ0) is 11.8. The topological polar surface area (TPSA) is 69.6 Å². The first-order valence-corrected chi connectivity index (χ1v) is 5.81. The van der Waals surface area contributed by atoms with Gasteiger partial charge in [0.15, 0.2) is 0 Å². The summed E-state index contributed by atoms with van der Waals surface area (Å²) < 4.78 is 0. The van der Waals surface area contributed by atoms with Crippen LogP contribution in [0.25, 0.3) is 0 Å². The van der Waals surface area contributed by atoms with E-state index < -0.39 is 11.5 Å². The second kappa shape index (κ2) is 4.05. The fourth-order valence-corrected chi connectivity index (χ4v) is 2.20. The number of hydrogen-bond donors (Lipinski definition) is 2. The van der Waals surface area contributed by atoms with Crippen LogP contribution in [0.1, 0.15) is 32.6 Å². The van der Waals surface area contributed by atoms with Crippen molar-refractivity contribution in [3.8, 4) is 0 Å². The highest BCUT2D eigenvalue weighted by molar-refractivity contribution is 5.88. The molecule has 0 aromatic carbocycles. The summed E-state index contributed by atoms with van der Waals surface area (Å²) in [6, 6.07) is 0.475. The van der Waals surface area contributed by atoms with Crippen LogP contribution in [-0.4, -0.2) is 46.6 Å². The predicted molar refractivity (Wildman–Crippen MR) is 58.0 cm³/mol. The summed E-state index contributed by atoms with van der Waals surface area (Å²) in [4.78, 5) is 24.6. The average Bonchev–Trinajstić information content (AvgIpc) is 2.97. The van der Waals surface area contributed by atoms with Crippen LogP contribution < -0.4 is 5.32 Å². The summed E-state index contributed by atoms with van der Waals surface area (Å²) in [6.45, 7) is 2.47. The Morgan fingerprint density at radius 1 is 1.50 bits per heavy atom. The lowest BCUT2D eigenvalue weighted by molar-refractivity contribution is -0.155. The minimum atomic E-state index is -0.998. The fourth-order valence-electron chi connectivity index (χ4n) is 2.20. The molecule has 1 saturated carbocycles. The number of nitrogens with one attached hydrogen (secondary N) is 1. The molecule has 0 aromatic heterocycles. The van der Waals surface area contributed by atoms with Gasteiger partial charge < -0.3 is 15.3 Å². The lowest BCUT2D eigenvalue weighted by Gasteiger charge is -2.31. The Bertz CT molecular complexity index is 314. The Morgan fingerprint density at radius 3 is 2.75 bits per heavy atom. The molecule has 5 heteroatoms. The Kier molecular flexibility index (Phi) is 2.88. The number of likely N-dealkylation sites (tertiary alicyclic amines) is 1. The van der Waals surface area contributed by atoms with Gasteiger partial charge >= 0.3 is 5.97 Å². The van der Waals surface area contributed by atoms with Gasteiger partial charge in [-0.1, -0.05) is 0 Å². The average molecular weight is 226 g/mol. The molecule has 16 heavy (non-hydrogen) atoms. The maximum Gasteiger partial charge on any atom is 0.329 e. The molecule has 1 aliphatic carbocycles. The van der Waals surface area contributed by atoms with Crippen molar-refractivity contribution in [2.24, 2.45) is 0 Å². The Labute approximate surface area is 94.8 Å². The number of nitrogens with zero attached hydrogens (tertiary/aromatic N) is 1. The summed E-state index contributed by atoms with van der Waals surface area (Å²) in [7, 11) is 0. The van der Waals surface area contributed by atoms with Gasteiger partial charge in [0.2, 0.25) is 5.91 Å². The van der Waals surface area contributed by atoms with Crippen molar-refractivity contribution in [2.45, 2.75) is 44.2 Å². The van der Waals surface area contributed by atoms with E-state index in [-0.39, 0.29) is 12.5 Å². The van der Waals surface area contributed by atoms with Crippen molar-refractivity contribution in [3.05, 3.63) is 0 Å². The summed E-state index contributed by atoms with van der Waals surface area (Å²) in [5.74, 6) is -0.987. The van der Waals surface area contributed by atoms with Crippen molar-refractivity contribution in [1.29, 1.82) is 0 Å². The molecule has 1 unspecified atom stereocenters. The molecule has 1 aliphatic heterocycles. The maximum atomic E-state index is 11.9. The zero-order valence-corrected chi connectivity index (χ0v) is 9.53. The van der Waals surface area contributed by atoms with E-state index in [1.807, 2.05) is 0 Å². The fraction of sp³-hybridized carbons (Fsp3) is 0.818. The van der Waals surface area contributed by atoms with Gasteiger partial charge in [-0.15, -0.1) is 0 Å². The second-order valence-corrected chi connectivity index (χ2v) is 4.88. The minimum Gasteiger partial charge on any atom is -0.480 e. The first-order valence-electron chi connectivity index (χ1n) is 5.81. The van der Waals surface area contributed by atoms with Gasteiger partial charge in [-0.3, -0.25) is 4.79 Å². The number of aliphatic carboxylic acids is 1. The second-order valence-electron chi connectivity index (χ2n) is 4.88. The van der Waals surface area contributed by atoms with Crippen molar-refractivity contribution < 1.29 is 14.7 Å². The molecule has 90 valence electrons. The van der Waals surface area contributed by atoms with E-state index in [1.165, 1.54) is 4.90 Å². The third kappa shape index (κ3) is 2.04. The molecule has 1 saturated heterocycles. The Morgan fingerprint density at radius 2 is 2.19 bits per heavy atom. The highest BCUT2D eigenvalue weighted by Crippen LogP contribution is 2.29. The third-order valence-electron chi connectivity index (χ3n) is 3.52. The first-order chi connectivity index (χ1) is 7.54. The van der Waals surface area contributed by atoms with Gasteiger partial charge in [-0.25, -0.2) is 4.79 Å². The largest absolute Gasteiger partial charge is 0.480 e. The summed E-state index contributed by atoms with van der Waals surface area (Å²) >= 11 is 0. The molecule has 2 aliphatic rings. The number of rotatable bonds is 4. The summed E-state index contributed by atoms with van der Waals surface area (Å²) in [5.41, 5.74) is -0.998. The van der Waals surface area contributed by atoms with Crippen molar-refractivity contribution in [3.63, 3.8) is 0 Å². The van der Waals surface area contributed by atoms with Gasteiger partial charge in [0.25, 0.3) is 0 Å². The molecule has 2 rings (SSSR count). The molecule has 0 bridgehead atoms. The molecule has 0 radical (unpaired) electrons. The predicted octanol–water partition coefficient (Wildman–Crippen LogP) is 0.204. The summed E-state index contributed by atoms with van der Waals surface area (Å²) in [5, 5.41) is 12.3. The van der Waals surface area contributed by atoms with E-state index in [9.17, 15) is 9.59 Å². The van der Waals surface area contributed by atoms with E-state index in [1.54, 1.807) is 6.92 Å². The lowest BCUT2D eigenvalue weighted by Crippen LogP contribution is -2.53. The molecule has 1 atom stereocenters. The third-order valence-corrected chi connectivity index (χ3v) is 3.52. The number of hydrogen-bond acceptors (Lipinski definition) is 3. The van der Waals surface area contributed by atoms with E-state index in [2.05, 4.69) is 5.32 Å². The normalized spacial score (nSPS) is 29.4. The lowest BCUT2D eigenvalue weighted by atomic mass is 9.99. The van der Waals surface area contributed by atoms with Gasteiger partial charge in [0, 0.05) is 12.6 Å². The first kappa shape index (κ1) is 11.4. The monoisotopic (exact) mass is 226 g/mol. The van der Waals surface area contributed by atoms with Gasteiger partial charge in [0.1, 0.15) is 5.54 Å². The molecule has 0 spiro atoms. The zero-order valence-electron chi connectivity index (χ0n) is 9.53. The smallest absolute Gasteiger partial charge is 0.329 e. The molecule has 5 nitrogen and oxygen atoms in total. The Hall–Kier alpha value is -1.10. The van der Waals surface area contributed by atoms with E-state index in [4.69, 9.17) is 5.11 Å². The van der Waals surface area contributed by atoms with Crippen molar-refractivity contribution in [2.75, 3.05) is 13.1 Å². The van der Waals surface area contributed by atoms with Crippen LogP contribution in [-0.2, 0) is 9.59 Å². The van der Waals surface area contributed by atoms with E-state index >= 15 is 0 Å². The van der Waals surface area contributed by atoms with E-state index in [0.29, 0.717) is 19.0 Å². The minimum absolute atomic E-state index is 0.0886. The molecular weight excluding hydrogens is 208 g/mol. The van der Waals surface area contributed by atoms with Gasteiger partial charge in [-0.05, 0) is 32.6 Å². The Balaban J connectivity index is 1.95. The van der Waals surface area contributed by atoms with Gasteiger partial charge in [0.05, 0.1) is 6.54 Å². The number of amides is 1. The number of carboxylic acid groups (broad SMARTS) is 1. The van der Waals surface area contributed by atoms with Crippen LogP contribution in [0.3, 0.4) is 0 Å². The van der Waals surface area contributed by atoms with Crippen LogP contribution in [0, 0.1) is 0 Å². The standard InChI is InChI=1S/C11H18N2O3/c1-11(10(15)16)5-2-6-13(11)9(14)7-12-8-3-4-8/h8,12H,2-7H2,1H3,(H,15,16). The highest BCUT2D eigenvalue weighted by Gasteiger charge is 2.45. The maximum absolute atomic E-state index is 11.9. The quantitative estimate of drug-likeness (QED) is 0.718. The number of carbonyl (C=O) groups excluding carboxylic acids is 1. The number of carboxylic acids is 1. The molecule has 1 heterocycles. The highest BCUT2D eigenvalue weighted by atomic mass is 16.4. The molecule has 2 fully saturated rings.